The largest absolute Gasteiger partial charge is 0.347 e. The molecule has 0 saturated heterocycles. The molecule has 0 aliphatic heterocycles. The standard InChI is InChI=1S/C20H27NO/c1-3-4-5-6-7-8-9-10-13-17-16-20(22)18-14-11-12-15-19(18)21(17)2/h8-9,11-12,14-16H,3-7,10,13H2,1-2H3/b9-8+. The van der Waals surface area contributed by atoms with E-state index >= 15 is 0 Å². The van der Waals surface area contributed by atoms with Crippen molar-refractivity contribution in [2.75, 3.05) is 0 Å². The van der Waals surface area contributed by atoms with Crippen molar-refractivity contribution in [2.24, 2.45) is 7.05 Å². The number of aromatic nitrogens is 1. The summed E-state index contributed by atoms with van der Waals surface area (Å²) in [6, 6.07) is 9.62. The summed E-state index contributed by atoms with van der Waals surface area (Å²) < 4.78 is 2.14. The molecule has 0 fully saturated rings. The lowest BCUT2D eigenvalue weighted by molar-refractivity contribution is 0.673. The third-order valence-corrected chi connectivity index (χ3v) is 4.22. The highest BCUT2D eigenvalue weighted by Gasteiger charge is 2.04. The molecule has 0 radical (unpaired) electrons. The van der Waals surface area contributed by atoms with E-state index in [4.69, 9.17) is 0 Å². The van der Waals surface area contributed by atoms with Crippen molar-refractivity contribution in [3.63, 3.8) is 0 Å². The molecule has 2 heteroatoms. The fraction of sp³-hybridized carbons (Fsp3) is 0.450. The van der Waals surface area contributed by atoms with Gasteiger partial charge in [0.1, 0.15) is 0 Å². The summed E-state index contributed by atoms with van der Waals surface area (Å²) in [6.45, 7) is 2.24. The van der Waals surface area contributed by atoms with Gasteiger partial charge < -0.3 is 4.57 Å². The van der Waals surface area contributed by atoms with E-state index in [1.165, 1.54) is 32.1 Å². The highest BCUT2D eigenvalue weighted by atomic mass is 16.1. The first-order valence-electron chi connectivity index (χ1n) is 8.46. The molecule has 2 rings (SSSR count). The molecule has 0 saturated carbocycles. The normalized spacial score (nSPS) is 11.5. The SMILES string of the molecule is CCCCCC/C=C/CCc1cc(=O)c2ccccc2n1C. The average Bonchev–Trinajstić information content (AvgIpc) is 2.54. The van der Waals surface area contributed by atoms with Crippen molar-refractivity contribution >= 4 is 10.9 Å². The lowest BCUT2D eigenvalue weighted by Gasteiger charge is -2.11. The molecule has 0 aliphatic carbocycles. The van der Waals surface area contributed by atoms with Crippen LogP contribution in [0, 0.1) is 0 Å². The number of fused-ring (bicyclic) bond motifs is 1. The van der Waals surface area contributed by atoms with E-state index in [0.29, 0.717) is 0 Å². The first-order valence-corrected chi connectivity index (χ1v) is 8.46. The lowest BCUT2D eigenvalue weighted by atomic mass is 10.1. The third-order valence-electron chi connectivity index (χ3n) is 4.22. The fourth-order valence-corrected chi connectivity index (χ4v) is 2.85. The van der Waals surface area contributed by atoms with E-state index in [0.717, 1.165) is 29.4 Å². The summed E-state index contributed by atoms with van der Waals surface area (Å²) in [5, 5.41) is 0.806. The molecule has 0 amide bonds. The zero-order valence-corrected chi connectivity index (χ0v) is 13.8. The summed E-state index contributed by atoms with van der Waals surface area (Å²) in [5.74, 6) is 0. The number of hydrogen-bond donors (Lipinski definition) is 0. The highest BCUT2D eigenvalue weighted by Crippen LogP contribution is 2.12. The van der Waals surface area contributed by atoms with Crippen molar-refractivity contribution in [2.45, 2.75) is 51.9 Å². The number of nitrogens with zero attached hydrogens (tertiary/aromatic N) is 1. The zero-order valence-electron chi connectivity index (χ0n) is 13.8. The van der Waals surface area contributed by atoms with E-state index in [9.17, 15) is 4.79 Å². The Kier molecular flexibility index (Phi) is 6.45. The Bertz CT molecular complexity index is 682. The maximum atomic E-state index is 12.2. The number of unbranched alkanes of at least 4 members (excludes halogenated alkanes) is 4. The molecule has 118 valence electrons. The molecule has 0 aliphatic rings. The maximum Gasteiger partial charge on any atom is 0.189 e. The van der Waals surface area contributed by atoms with Crippen LogP contribution in [0.2, 0.25) is 0 Å². The molecule has 0 bridgehead atoms. The topological polar surface area (TPSA) is 22.0 Å². The number of hydrogen-bond acceptors (Lipinski definition) is 1. The molecule has 2 nitrogen and oxygen atoms in total. The molecule has 0 spiro atoms. The molecular formula is C20H27NO. The summed E-state index contributed by atoms with van der Waals surface area (Å²) in [6.07, 6.45) is 12.9. The number of rotatable bonds is 8. The lowest BCUT2D eigenvalue weighted by Crippen LogP contribution is -2.11. The first-order chi connectivity index (χ1) is 10.7. The van der Waals surface area contributed by atoms with Crippen molar-refractivity contribution < 1.29 is 0 Å². The number of pyridine rings is 1. The van der Waals surface area contributed by atoms with Crippen LogP contribution in [0.25, 0.3) is 10.9 Å². The van der Waals surface area contributed by atoms with Gasteiger partial charge in [-0.2, -0.15) is 0 Å². The number of allylic oxidation sites excluding steroid dienone is 2. The van der Waals surface area contributed by atoms with Crippen LogP contribution >= 0.6 is 0 Å². The van der Waals surface area contributed by atoms with E-state index in [1.54, 1.807) is 6.07 Å². The predicted octanol–water partition coefficient (Wildman–Crippen LogP) is 5.00. The second-order valence-electron chi connectivity index (χ2n) is 5.94. The Morgan fingerprint density at radius 1 is 1.05 bits per heavy atom. The smallest absolute Gasteiger partial charge is 0.189 e. The van der Waals surface area contributed by atoms with Crippen LogP contribution in [-0.2, 0) is 13.5 Å². The second-order valence-corrected chi connectivity index (χ2v) is 5.94. The van der Waals surface area contributed by atoms with Gasteiger partial charge in [-0.05, 0) is 37.8 Å². The summed E-state index contributed by atoms with van der Waals surface area (Å²) in [7, 11) is 2.05. The minimum atomic E-state index is 0.132. The van der Waals surface area contributed by atoms with Crippen LogP contribution in [0.3, 0.4) is 0 Å². The summed E-state index contributed by atoms with van der Waals surface area (Å²) in [4.78, 5) is 12.2. The van der Waals surface area contributed by atoms with Gasteiger partial charge in [0.15, 0.2) is 5.43 Å². The summed E-state index contributed by atoms with van der Waals surface area (Å²) in [5.41, 5.74) is 2.26. The third kappa shape index (κ3) is 4.33. The van der Waals surface area contributed by atoms with Gasteiger partial charge >= 0.3 is 0 Å². The monoisotopic (exact) mass is 297 g/mol. The van der Waals surface area contributed by atoms with Crippen molar-refractivity contribution in [1.82, 2.24) is 4.57 Å². The van der Waals surface area contributed by atoms with E-state index in [2.05, 4.69) is 23.6 Å². The van der Waals surface area contributed by atoms with Crippen LogP contribution < -0.4 is 5.43 Å². The Morgan fingerprint density at radius 2 is 1.82 bits per heavy atom. The Morgan fingerprint density at radius 3 is 2.64 bits per heavy atom. The molecular weight excluding hydrogens is 270 g/mol. The Balaban J connectivity index is 1.94. The average molecular weight is 297 g/mol. The quantitative estimate of drug-likeness (QED) is 0.496. The van der Waals surface area contributed by atoms with Crippen LogP contribution in [0.1, 0.15) is 51.1 Å². The van der Waals surface area contributed by atoms with Gasteiger partial charge in [-0.3, -0.25) is 4.79 Å². The van der Waals surface area contributed by atoms with Gasteiger partial charge in [-0.15, -0.1) is 0 Å². The molecule has 2 aromatic rings. The summed E-state index contributed by atoms with van der Waals surface area (Å²) >= 11 is 0. The van der Waals surface area contributed by atoms with E-state index in [-0.39, 0.29) is 5.43 Å². The molecule has 1 aromatic heterocycles. The first kappa shape index (κ1) is 16.5. The predicted molar refractivity (Wildman–Crippen MR) is 95.4 cm³/mol. The Labute approximate surface area is 133 Å². The zero-order chi connectivity index (χ0) is 15.8. The fourth-order valence-electron chi connectivity index (χ4n) is 2.85. The Hall–Kier alpha value is -1.83. The van der Waals surface area contributed by atoms with Gasteiger partial charge in [0.2, 0.25) is 0 Å². The molecule has 1 heterocycles. The number of aryl methyl sites for hydroxylation is 2. The van der Waals surface area contributed by atoms with Crippen molar-refractivity contribution in [3.8, 4) is 0 Å². The molecule has 22 heavy (non-hydrogen) atoms. The van der Waals surface area contributed by atoms with Crippen LogP contribution in [0.5, 0.6) is 0 Å². The second kappa shape index (κ2) is 8.57. The number of benzene rings is 1. The van der Waals surface area contributed by atoms with Crippen LogP contribution in [0.4, 0.5) is 0 Å². The molecule has 1 aromatic carbocycles. The van der Waals surface area contributed by atoms with Gasteiger partial charge in [-0.25, -0.2) is 0 Å². The van der Waals surface area contributed by atoms with Gasteiger partial charge in [0, 0.05) is 24.2 Å². The van der Waals surface area contributed by atoms with Gasteiger partial charge in [0.05, 0.1) is 5.52 Å². The van der Waals surface area contributed by atoms with E-state index < -0.39 is 0 Å². The van der Waals surface area contributed by atoms with Crippen molar-refractivity contribution in [1.29, 1.82) is 0 Å². The van der Waals surface area contributed by atoms with Crippen molar-refractivity contribution in [3.05, 3.63) is 58.4 Å². The highest BCUT2D eigenvalue weighted by molar-refractivity contribution is 5.79. The van der Waals surface area contributed by atoms with E-state index in [1.807, 2.05) is 31.3 Å². The van der Waals surface area contributed by atoms with Gasteiger partial charge in [0.25, 0.3) is 0 Å². The number of para-hydroxylation sites is 1. The maximum absolute atomic E-state index is 12.2. The van der Waals surface area contributed by atoms with Crippen LogP contribution in [0.15, 0.2) is 47.3 Å². The minimum absolute atomic E-state index is 0.132. The molecule has 0 N–H and O–H groups in total. The minimum Gasteiger partial charge on any atom is -0.347 e. The van der Waals surface area contributed by atoms with Crippen LogP contribution in [-0.4, -0.2) is 4.57 Å². The van der Waals surface area contributed by atoms with Gasteiger partial charge in [-0.1, -0.05) is 50.5 Å². The molecule has 0 unspecified atom stereocenters. The molecule has 0 atom stereocenters.